The van der Waals surface area contributed by atoms with Crippen LogP contribution in [-0.4, -0.2) is 34.4 Å². The van der Waals surface area contributed by atoms with Gasteiger partial charge in [-0.25, -0.2) is 9.69 Å². The molecule has 5 nitrogen and oxygen atoms in total. The van der Waals surface area contributed by atoms with Crippen molar-refractivity contribution in [1.82, 2.24) is 0 Å². The first-order chi connectivity index (χ1) is 8.52. The van der Waals surface area contributed by atoms with Crippen molar-refractivity contribution in [3.8, 4) is 0 Å². The predicted octanol–water partition coefficient (Wildman–Crippen LogP) is 1.75. The summed E-state index contributed by atoms with van der Waals surface area (Å²) in [5.41, 5.74) is 0.0401. The molecule has 0 bridgehead atoms. The second-order valence-corrected chi connectivity index (χ2v) is 5.40. The van der Waals surface area contributed by atoms with Gasteiger partial charge in [-0.15, -0.1) is 11.8 Å². The smallest absolute Gasteiger partial charge is 0.337 e. The van der Waals surface area contributed by atoms with Crippen molar-refractivity contribution in [2.75, 3.05) is 16.4 Å². The van der Waals surface area contributed by atoms with Crippen LogP contribution in [0.3, 0.4) is 0 Å². The molecule has 94 valence electrons. The second kappa shape index (κ2) is 5.11. The van der Waals surface area contributed by atoms with Crippen LogP contribution in [0, 0.1) is 0 Å². The Kier molecular flexibility index (Phi) is 3.72. The Balaban J connectivity index is 2.58. The fourth-order valence-corrected chi connectivity index (χ4v) is 2.91. The fraction of sp³-hybridized carbons (Fsp3) is 0.182. The number of imide groups is 1. The number of rotatable bonds is 2. The average Bonchev–Trinajstić information content (AvgIpc) is 2.30. The summed E-state index contributed by atoms with van der Waals surface area (Å²) in [5, 5.41) is 9.12. The molecule has 2 amide bonds. The van der Waals surface area contributed by atoms with E-state index in [1.165, 1.54) is 17.8 Å². The van der Waals surface area contributed by atoms with E-state index in [2.05, 4.69) is 15.9 Å². The molecule has 1 aliphatic heterocycles. The van der Waals surface area contributed by atoms with Gasteiger partial charge in [0.05, 0.1) is 22.8 Å². The molecule has 0 atom stereocenters. The first kappa shape index (κ1) is 13.1. The minimum absolute atomic E-state index is 0.0713. The van der Waals surface area contributed by atoms with Gasteiger partial charge < -0.3 is 5.11 Å². The third kappa shape index (κ3) is 2.28. The number of para-hydroxylation sites is 1. The fourth-order valence-electron chi connectivity index (χ4n) is 1.66. The maximum atomic E-state index is 11.8. The van der Waals surface area contributed by atoms with Crippen molar-refractivity contribution in [3.05, 3.63) is 28.2 Å². The lowest BCUT2D eigenvalue weighted by Gasteiger charge is -2.26. The molecule has 18 heavy (non-hydrogen) atoms. The Hall–Kier alpha value is -1.34. The van der Waals surface area contributed by atoms with Crippen LogP contribution in [0.5, 0.6) is 0 Å². The number of carbonyl (C=O) groups is 3. The number of anilines is 1. The summed E-state index contributed by atoms with van der Waals surface area (Å²) in [7, 11) is 0. The average molecular weight is 330 g/mol. The van der Waals surface area contributed by atoms with Crippen molar-refractivity contribution in [2.24, 2.45) is 0 Å². The van der Waals surface area contributed by atoms with Crippen LogP contribution < -0.4 is 4.90 Å². The Morgan fingerprint density at radius 2 is 1.89 bits per heavy atom. The predicted molar refractivity (Wildman–Crippen MR) is 70.9 cm³/mol. The van der Waals surface area contributed by atoms with Crippen molar-refractivity contribution in [1.29, 1.82) is 0 Å². The van der Waals surface area contributed by atoms with Crippen LogP contribution >= 0.6 is 27.7 Å². The number of carboxylic acids is 1. The highest BCUT2D eigenvalue weighted by Gasteiger charge is 2.32. The van der Waals surface area contributed by atoms with Crippen LogP contribution in [0.4, 0.5) is 5.69 Å². The number of carbonyl (C=O) groups excluding carboxylic acids is 2. The topological polar surface area (TPSA) is 74.7 Å². The molecule has 1 aliphatic rings. The monoisotopic (exact) mass is 329 g/mol. The van der Waals surface area contributed by atoms with Gasteiger partial charge in [-0.1, -0.05) is 6.07 Å². The van der Waals surface area contributed by atoms with Gasteiger partial charge in [0, 0.05) is 4.47 Å². The molecule has 0 unspecified atom stereocenters. The molecule has 1 aromatic rings. The van der Waals surface area contributed by atoms with Gasteiger partial charge in [0.2, 0.25) is 11.8 Å². The summed E-state index contributed by atoms with van der Waals surface area (Å²) in [6, 6.07) is 4.51. The molecule has 0 aromatic heterocycles. The lowest BCUT2D eigenvalue weighted by atomic mass is 10.1. The maximum absolute atomic E-state index is 11.8. The third-order valence-corrected chi connectivity index (χ3v) is 3.93. The highest BCUT2D eigenvalue weighted by molar-refractivity contribution is 9.10. The lowest BCUT2D eigenvalue weighted by Crippen LogP contribution is -2.44. The van der Waals surface area contributed by atoms with Gasteiger partial charge in [-0.3, -0.25) is 9.59 Å². The second-order valence-electron chi connectivity index (χ2n) is 3.56. The van der Waals surface area contributed by atoms with Gasteiger partial charge in [0.1, 0.15) is 0 Å². The third-order valence-electron chi connectivity index (χ3n) is 2.39. The number of nitrogens with zero attached hydrogens (tertiary/aromatic N) is 1. The molecule has 0 radical (unpaired) electrons. The zero-order chi connectivity index (χ0) is 13.3. The van der Waals surface area contributed by atoms with E-state index in [1.807, 2.05) is 0 Å². The van der Waals surface area contributed by atoms with Gasteiger partial charge in [-0.05, 0) is 28.1 Å². The zero-order valence-corrected chi connectivity index (χ0v) is 11.5. The van der Waals surface area contributed by atoms with Crippen LogP contribution in [-0.2, 0) is 9.59 Å². The Morgan fingerprint density at radius 1 is 1.28 bits per heavy atom. The van der Waals surface area contributed by atoms with E-state index in [0.717, 1.165) is 4.90 Å². The van der Waals surface area contributed by atoms with Crippen LogP contribution in [0.25, 0.3) is 0 Å². The summed E-state index contributed by atoms with van der Waals surface area (Å²) in [6.07, 6.45) is 0. The van der Waals surface area contributed by atoms with E-state index < -0.39 is 17.8 Å². The first-order valence-corrected chi connectivity index (χ1v) is 6.92. The molecule has 1 heterocycles. The van der Waals surface area contributed by atoms with E-state index in [1.54, 1.807) is 12.1 Å². The van der Waals surface area contributed by atoms with Crippen LogP contribution in [0.2, 0.25) is 0 Å². The molecule has 7 heteroatoms. The lowest BCUT2D eigenvalue weighted by molar-refractivity contribution is -0.124. The number of benzene rings is 1. The standard InChI is InChI=1S/C11H8BrNO4S/c12-7-3-1-2-6(11(16)17)10(7)13-8(14)4-18-5-9(13)15/h1-3H,4-5H2,(H,16,17). The van der Waals surface area contributed by atoms with E-state index in [-0.39, 0.29) is 22.8 Å². The van der Waals surface area contributed by atoms with Crippen molar-refractivity contribution in [2.45, 2.75) is 0 Å². The molecule has 2 rings (SSSR count). The number of halogens is 1. The van der Waals surface area contributed by atoms with Gasteiger partial charge in [-0.2, -0.15) is 0 Å². The van der Waals surface area contributed by atoms with Gasteiger partial charge >= 0.3 is 5.97 Å². The Morgan fingerprint density at radius 3 is 2.44 bits per heavy atom. The summed E-state index contributed by atoms with van der Waals surface area (Å²) >= 11 is 4.42. The molecule has 0 spiro atoms. The normalized spacial score (nSPS) is 15.9. The SMILES string of the molecule is O=C(O)c1cccc(Br)c1N1C(=O)CSCC1=O. The molecular formula is C11H8BrNO4S. The van der Waals surface area contributed by atoms with E-state index in [9.17, 15) is 14.4 Å². The first-order valence-electron chi connectivity index (χ1n) is 4.97. The van der Waals surface area contributed by atoms with E-state index in [4.69, 9.17) is 5.11 Å². The molecule has 1 fully saturated rings. The Labute approximate surface area is 115 Å². The van der Waals surface area contributed by atoms with Crippen molar-refractivity contribution >= 4 is 51.2 Å². The molecular weight excluding hydrogens is 322 g/mol. The van der Waals surface area contributed by atoms with Crippen LogP contribution in [0.1, 0.15) is 10.4 Å². The van der Waals surface area contributed by atoms with E-state index >= 15 is 0 Å². The zero-order valence-electron chi connectivity index (χ0n) is 9.05. The number of hydrogen-bond acceptors (Lipinski definition) is 4. The number of aromatic carboxylic acids is 1. The number of amides is 2. The minimum atomic E-state index is -1.18. The molecule has 1 N–H and O–H groups in total. The molecule has 0 saturated carbocycles. The molecule has 0 aliphatic carbocycles. The summed E-state index contributed by atoms with van der Waals surface area (Å²) in [5.74, 6) is -1.63. The number of thioether (sulfide) groups is 1. The minimum Gasteiger partial charge on any atom is -0.478 e. The van der Waals surface area contributed by atoms with Crippen molar-refractivity contribution < 1.29 is 19.5 Å². The van der Waals surface area contributed by atoms with Gasteiger partial charge in [0.25, 0.3) is 0 Å². The number of hydrogen-bond donors (Lipinski definition) is 1. The molecule has 1 saturated heterocycles. The van der Waals surface area contributed by atoms with Crippen LogP contribution in [0.15, 0.2) is 22.7 Å². The van der Waals surface area contributed by atoms with E-state index in [0.29, 0.717) is 4.47 Å². The summed E-state index contributed by atoms with van der Waals surface area (Å²) < 4.78 is 0.413. The largest absolute Gasteiger partial charge is 0.478 e. The quantitative estimate of drug-likeness (QED) is 0.837. The van der Waals surface area contributed by atoms with Crippen molar-refractivity contribution in [3.63, 3.8) is 0 Å². The highest BCUT2D eigenvalue weighted by atomic mass is 79.9. The summed E-state index contributed by atoms with van der Waals surface area (Å²) in [6.45, 7) is 0. The van der Waals surface area contributed by atoms with Gasteiger partial charge in [0.15, 0.2) is 0 Å². The Bertz CT molecular complexity index is 530. The summed E-state index contributed by atoms with van der Waals surface area (Å²) in [4.78, 5) is 35.7. The highest BCUT2D eigenvalue weighted by Crippen LogP contribution is 2.32. The maximum Gasteiger partial charge on any atom is 0.337 e. The number of carboxylic acid groups (broad SMARTS) is 1. The molecule has 1 aromatic carbocycles.